The highest BCUT2D eigenvalue weighted by molar-refractivity contribution is 5.88. The second kappa shape index (κ2) is 6.79. The maximum atomic E-state index is 12.6. The van der Waals surface area contributed by atoms with Gasteiger partial charge < -0.3 is 9.30 Å². The Kier molecular flexibility index (Phi) is 4.25. The topological polar surface area (TPSA) is 60.3 Å². The highest BCUT2D eigenvalue weighted by atomic mass is 16.5. The first-order chi connectivity index (χ1) is 13.6. The number of ether oxygens (including phenoxy) is 1. The Labute approximate surface area is 164 Å². The normalized spacial score (nSPS) is 18.2. The van der Waals surface area contributed by atoms with E-state index in [0.717, 1.165) is 59.9 Å². The Bertz CT molecular complexity index is 1050. The van der Waals surface area contributed by atoms with Crippen LogP contribution < -0.4 is 0 Å². The molecule has 2 aliphatic heterocycles. The summed E-state index contributed by atoms with van der Waals surface area (Å²) >= 11 is 0. The molecule has 4 heterocycles. The van der Waals surface area contributed by atoms with E-state index >= 15 is 0 Å². The van der Waals surface area contributed by atoms with Crippen LogP contribution in [0, 0.1) is 12.8 Å². The van der Waals surface area contributed by atoms with Crippen LogP contribution in [0.2, 0.25) is 0 Å². The van der Waals surface area contributed by atoms with Gasteiger partial charge in [0.2, 0.25) is 0 Å². The Balaban J connectivity index is 1.32. The minimum Gasteiger partial charge on any atom is -0.378 e. The van der Waals surface area contributed by atoms with Crippen LogP contribution in [0.5, 0.6) is 0 Å². The van der Waals surface area contributed by atoms with Gasteiger partial charge in [-0.2, -0.15) is 0 Å². The van der Waals surface area contributed by atoms with Gasteiger partial charge >= 0.3 is 0 Å². The lowest BCUT2D eigenvalue weighted by atomic mass is 9.90. The van der Waals surface area contributed by atoms with E-state index in [9.17, 15) is 4.79 Å². The lowest BCUT2D eigenvalue weighted by Crippen LogP contribution is -2.60. The summed E-state index contributed by atoms with van der Waals surface area (Å²) in [6, 6.07) is 8.91. The number of ketones is 1. The number of carbonyl (C=O) groups excluding carboxylic acids is 1. The van der Waals surface area contributed by atoms with Gasteiger partial charge in [0, 0.05) is 55.3 Å². The lowest BCUT2D eigenvalue weighted by molar-refractivity contribution is -0.137. The van der Waals surface area contributed by atoms with Gasteiger partial charge in [-0.15, -0.1) is 0 Å². The number of nitrogens with zero attached hydrogens (tertiary/aromatic N) is 4. The molecular formula is C22H24N4O2. The summed E-state index contributed by atoms with van der Waals surface area (Å²) in [5.41, 5.74) is 3.06. The molecule has 0 amide bonds. The van der Waals surface area contributed by atoms with Gasteiger partial charge in [-0.3, -0.25) is 14.7 Å². The molecule has 5 rings (SSSR count). The number of benzene rings is 1. The van der Waals surface area contributed by atoms with Gasteiger partial charge in [0.25, 0.3) is 0 Å². The third-order valence-electron chi connectivity index (χ3n) is 6.15. The van der Waals surface area contributed by atoms with Crippen molar-refractivity contribution in [2.24, 2.45) is 13.0 Å². The molecular weight excluding hydrogens is 352 g/mol. The molecule has 2 fully saturated rings. The molecule has 1 aromatic carbocycles. The van der Waals surface area contributed by atoms with Crippen LogP contribution in [0.15, 0.2) is 36.7 Å². The van der Waals surface area contributed by atoms with Crippen molar-refractivity contribution in [2.45, 2.75) is 19.4 Å². The van der Waals surface area contributed by atoms with E-state index in [4.69, 9.17) is 4.74 Å². The zero-order valence-electron chi connectivity index (χ0n) is 16.3. The van der Waals surface area contributed by atoms with E-state index in [1.165, 1.54) is 0 Å². The maximum Gasteiger partial charge on any atom is 0.144 e. The Morgan fingerprint density at radius 3 is 2.64 bits per heavy atom. The summed E-state index contributed by atoms with van der Waals surface area (Å²) < 4.78 is 7.32. The highest BCUT2D eigenvalue weighted by Crippen LogP contribution is 2.27. The molecule has 0 atom stereocenters. The van der Waals surface area contributed by atoms with Crippen molar-refractivity contribution in [3.05, 3.63) is 48.2 Å². The van der Waals surface area contributed by atoms with E-state index in [1.807, 2.05) is 26.4 Å². The quantitative estimate of drug-likeness (QED) is 0.684. The molecule has 0 radical (unpaired) electrons. The molecule has 0 saturated carbocycles. The van der Waals surface area contributed by atoms with Crippen molar-refractivity contribution in [1.82, 2.24) is 19.4 Å². The SMILES string of the molecule is Cc1ncc(-c2ccc3cnc(CC(=O)C4CN(C5COC5)C4)cc3c2)n1C. The standard InChI is InChI=1S/C22H24N4O2/c1-14-23-9-21(25(14)2)15-3-4-16-8-24-19(6-17(16)5-15)7-22(27)18-10-26(11-18)20-12-28-13-20/h3-6,8-9,18,20H,7,10-13H2,1-2H3. The fourth-order valence-corrected chi connectivity index (χ4v) is 3.98. The number of hydrogen-bond donors (Lipinski definition) is 0. The highest BCUT2D eigenvalue weighted by Gasteiger charge is 2.39. The van der Waals surface area contributed by atoms with Crippen molar-refractivity contribution in [1.29, 1.82) is 0 Å². The van der Waals surface area contributed by atoms with Gasteiger partial charge in [-0.25, -0.2) is 4.98 Å². The molecule has 2 aromatic heterocycles. The van der Waals surface area contributed by atoms with Crippen LogP contribution in [0.1, 0.15) is 11.5 Å². The van der Waals surface area contributed by atoms with Gasteiger partial charge in [-0.05, 0) is 24.4 Å². The summed E-state index contributed by atoms with van der Waals surface area (Å²) in [6.45, 7) is 5.35. The second-order valence-electron chi connectivity index (χ2n) is 7.97. The fraction of sp³-hybridized carbons (Fsp3) is 0.409. The number of likely N-dealkylation sites (tertiary alicyclic amines) is 1. The zero-order valence-corrected chi connectivity index (χ0v) is 16.3. The minimum atomic E-state index is 0.141. The number of imidazole rings is 1. The van der Waals surface area contributed by atoms with Crippen LogP contribution in [0.3, 0.4) is 0 Å². The van der Waals surface area contributed by atoms with Gasteiger partial charge in [0.15, 0.2) is 0 Å². The number of aryl methyl sites for hydroxylation is 1. The molecule has 144 valence electrons. The largest absolute Gasteiger partial charge is 0.378 e. The monoisotopic (exact) mass is 376 g/mol. The number of carbonyl (C=O) groups is 1. The predicted molar refractivity (Wildman–Crippen MR) is 107 cm³/mol. The Morgan fingerprint density at radius 1 is 1.14 bits per heavy atom. The molecule has 28 heavy (non-hydrogen) atoms. The van der Waals surface area contributed by atoms with Crippen LogP contribution in [0.25, 0.3) is 22.0 Å². The van der Waals surface area contributed by atoms with Crippen LogP contribution in [-0.2, 0) is 23.0 Å². The number of Topliss-reactive ketones (excluding diaryl/α,β-unsaturated/α-hetero) is 1. The van der Waals surface area contributed by atoms with Crippen LogP contribution in [-0.4, -0.2) is 57.6 Å². The van der Waals surface area contributed by atoms with Crippen molar-refractivity contribution < 1.29 is 9.53 Å². The molecule has 3 aromatic rings. The number of aromatic nitrogens is 3. The van der Waals surface area contributed by atoms with Crippen molar-refractivity contribution >= 4 is 16.6 Å². The van der Waals surface area contributed by atoms with E-state index in [2.05, 4.69) is 43.7 Å². The summed E-state index contributed by atoms with van der Waals surface area (Å²) in [6.07, 6.45) is 4.18. The maximum absolute atomic E-state index is 12.6. The second-order valence-corrected chi connectivity index (χ2v) is 7.97. The third kappa shape index (κ3) is 3.02. The number of hydrogen-bond acceptors (Lipinski definition) is 5. The van der Waals surface area contributed by atoms with Gasteiger partial charge in [0.1, 0.15) is 11.6 Å². The van der Waals surface area contributed by atoms with Crippen LogP contribution >= 0.6 is 0 Å². The number of fused-ring (bicyclic) bond motifs is 1. The Morgan fingerprint density at radius 2 is 1.96 bits per heavy atom. The number of rotatable bonds is 5. The smallest absolute Gasteiger partial charge is 0.144 e. The van der Waals surface area contributed by atoms with Crippen molar-refractivity contribution in [3.8, 4) is 11.3 Å². The summed E-state index contributed by atoms with van der Waals surface area (Å²) in [7, 11) is 2.02. The van der Waals surface area contributed by atoms with E-state index in [1.54, 1.807) is 0 Å². The van der Waals surface area contributed by atoms with Gasteiger partial charge in [0.05, 0.1) is 31.1 Å². The fourth-order valence-electron chi connectivity index (χ4n) is 3.98. The minimum absolute atomic E-state index is 0.141. The molecule has 0 bridgehead atoms. The third-order valence-corrected chi connectivity index (χ3v) is 6.15. The molecule has 2 aliphatic rings. The molecule has 2 saturated heterocycles. The van der Waals surface area contributed by atoms with E-state index < -0.39 is 0 Å². The molecule has 6 nitrogen and oxygen atoms in total. The average molecular weight is 376 g/mol. The van der Waals surface area contributed by atoms with Crippen molar-refractivity contribution in [2.75, 3.05) is 26.3 Å². The lowest BCUT2D eigenvalue weighted by Gasteiger charge is -2.46. The van der Waals surface area contributed by atoms with Gasteiger partial charge in [-0.1, -0.05) is 12.1 Å². The first kappa shape index (κ1) is 17.5. The van der Waals surface area contributed by atoms with Crippen molar-refractivity contribution in [3.63, 3.8) is 0 Å². The molecule has 0 aliphatic carbocycles. The van der Waals surface area contributed by atoms with E-state index in [0.29, 0.717) is 18.2 Å². The first-order valence-corrected chi connectivity index (χ1v) is 9.80. The number of pyridine rings is 1. The molecule has 0 N–H and O–H groups in total. The Hall–Kier alpha value is -2.57. The zero-order chi connectivity index (χ0) is 19.3. The molecule has 0 unspecified atom stereocenters. The summed E-state index contributed by atoms with van der Waals surface area (Å²) in [4.78, 5) is 23.9. The molecule has 0 spiro atoms. The molecule has 6 heteroatoms. The average Bonchev–Trinajstić information content (AvgIpc) is 2.94. The van der Waals surface area contributed by atoms with E-state index in [-0.39, 0.29) is 5.92 Å². The summed E-state index contributed by atoms with van der Waals surface area (Å²) in [5.74, 6) is 1.42. The predicted octanol–water partition coefficient (Wildman–Crippen LogP) is 2.39. The summed E-state index contributed by atoms with van der Waals surface area (Å²) in [5, 5.41) is 2.19. The first-order valence-electron chi connectivity index (χ1n) is 9.80. The van der Waals surface area contributed by atoms with Crippen LogP contribution in [0.4, 0.5) is 0 Å².